The number of rotatable bonds is 11. The summed E-state index contributed by atoms with van der Waals surface area (Å²) in [6, 6.07) is 23.9. The van der Waals surface area contributed by atoms with Crippen LogP contribution in [0.15, 0.2) is 83.1 Å². The molecule has 0 saturated carbocycles. The molecule has 0 radical (unpaired) electrons. The summed E-state index contributed by atoms with van der Waals surface area (Å²) in [5.74, 6) is 0.310. The zero-order valence-corrected chi connectivity index (χ0v) is 19.4. The van der Waals surface area contributed by atoms with Gasteiger partial charge in [0.15, 0.2) is 0 Å². The van der Waals surface area contributed by atoms with Crippen LogP contribution in [-0.4, -0.2) is 40.5 Å². The molecule has 2 aromatic carbocycles. The molecule has 0 aliphatic carbocycles. The third-order valence-corrected chi connectivity index (χ3v) is 6.63. The molecular weight excluding hydrogens is 424 g/mol. The molecule has 6 heteroatoms. The fourth-order valence-electron chi connectivity index (χ4n) is 3.20. The van der Waals surface area contributed by atoms with Gasteiger partial charge in [0.2, 0.25) is 11.8 Å². The van der Waals surface area contributed by atoms with Gasteiger partial charge in [0.25, 0.3) is 0 Å². The van der Waals surface area contributed by atoms with Gasteiger partial charge in [-0.05, 0) is 35.6 Å². The van der Waals surface area contributed by atoms with Crippen LogP contribution in [0.3, 0.4) is 0 Å². The summed E-state index contributed by atoms with van der Waals surface area (Å²) >= 11 is 3.15. The van der Waals surface area contributed by atoms with E-state index in [1.54, 1.807) is 16.2 Å². The summed E-state index contributed by atoms with van der Waals surface area (Å²) in [5.41, 5.74) is 1.08. The van der Waals surface area contributed by atoms with Crippen LogP contribution in [0.25, 0.3) is 0 Å². The smallest absolute Gasteiger partial charge is 0.242 e. The van der Waals surface area contributed by atoms with Gasteiger partial charge in [0.1, 0.15) is 0 Å². The van der Waals surface area contributed by atoms with Crippen LogP contribution in [0.2, 0.25) is 0 Å². The van der Waals surface area contributed by atoms with E-state index in [1.807, 2.05) is 90.0 Å². The van der Waals surface area contributed by atoms with Gasteiger partial charge in [0, 0.05) is 22.9 Å². The van der Waals surface area contributed by atoms with Crippen molar-refractivity contribution in [3.05, 3.63) is 88.6 Å². The normalized spacial score (nSPS) is 10.6. The lowest BCUT2D eigenvalue weighted by Gasteiger charge is -2.27. The summed E-state index contributed by atoms with van der Waals surface area (Å²) in [4.78, 5) is 31.9. The molecule has 0 atom stereocenters. The highest BCUT2D eigenvalue weighted by Crippen LogP contribution is 2.18. The summed E-state index contributed by atoms with van der Waals surface area (Å²) in [6.45, 7) is 3.81. The van der Waals surface area contributed by atoms with E-state index in [-0.39, 0.29) is 18.4 Å². The third-order valence-electron chi connectivity index (χ3n) is 4.77. The first-order valence-electron chi connectivity index (χ1n) is 10.5. The van der Waals surface area contributed by atoms with E-state index in [0.717, 1.165) is 21.8 Å². The molecule has 0 aliphatic heterocycles. The quantitative estimate of drug-likeness (QED) is 0.370. The van der Waals surface area contributed by atoms with Crippen molar-refractivity contribution in [2.75, 3.05) is 18.8 Å². The van der Waals surface area contributed by atoms with Gasteiger partial charge in [0.05, 0.1) is 18.8 Å². The van der Waals surface area contributed by atoms with Crippen molar-refractivity contribution in [2.45, 2.75) is 31.3 Å². The molecule has 3 rings (SSSR count). The maximum atomic E-state index is 13.3. The minimum atomic E-state index is -0.0243. The Labute approximate surface area is 192 Å². The third kappa shape index (κ3) is 7.56. The standard InChI is InChI=1S/C25H28N2O2S2/c1-2-15-26(25(29)20-31-22-12-7-4-8-13-22)19-24(28)27(18-23-14-9-16-30-23)17-21-10-5-3-6-11-21/h3-14,16H,2,15,17-20H2,1H3. The topological polar surface area (TPSA) is 40.6 Å². The fraction of sp³-hybridized carbons (Fsp3) is 0.280. The lowest BCUT2D eigenvalue weighted by Crippen LogP contribution is -2.43. The summed E-state index contributed by atoms with van der Waals surface area (Å²) in [5, 5.41) is 2.02. The monoisotopic (exact) mass is 452 g/mol. The zero-order chi connectivity index (χ0) is 21.9. The number of nitrogens with zero attached hydrogens (tertiary/aromatic N) is 2. The van der Waals surface area contributed by atoms with Gasteiger partial charge in [-0.25, -0.2) is 0 Å². The molecule has 162 valence electrons. The first kappa shape index (κ1) is 23.1. The molecule has 2 amide bonds. The number of carbonyl (C=O) groups is 2. The lowest BCUT2D eigenvalue weighted by atomic mass is 10.2. The zero-order valence-electron chi connectivity index (χ0n) is 17.8. The van der Waals surface area contributed by atoms with Crippen molar-refractivity contribution in [3.8, 4) is 0 Å². The molecule has 31 heavy (non-hydrogen) atoms. The summed E-state index contributed by atoms with van der Waals surface area (Å²) < 4.78 is 0. The second-order valence-electron chi connectivity index (χ2n) is 7.23. The average molecular weight is 453 g/mol. The molecule has 0 N–H and O–H groups in total. The number of amides is 2. The SMILES string of the molecule is CCCN(CC(=O)N(Cc1ccccc1)Cc1cccs1)C(=O)CSc1ccccc1. The molecular formula is C25H28N2O2S2. The highest BCUT2D eigenvalue weighted by Gasteiger charge is 2.21. The van der Waals surface area contributed by atoms with E-state index in [0.29, 0.717) is 25.4 Å². The van der Waals surface area contributed by atoms with E-state index in [9.17, 15) is 9.59 Å². The van der Waals surface area contributed by atoms with Crippen molar-refractivity contribution >= 4 is 34.9 Å². The van der Waals surface area contributed by atoms with Crippen LogP contribution in [0.5, 0.6) is 0 Å². The van der Waals surface area contributed by atoms with Gasteiger partial charge in [-0.3, -0.25) is 9.59 Å². The predicted octanol–water partition coefficient (Wildman–Crippen LogP) is 5.31. The number of thioether (sulfide) groups is 1. The Kier molecular flexibility index (Phi) is 9.18. The Morgan fingerprint density at radius 1 is 0.839 bits per heavy atom. The van der Waals surface area contributed by atoms with Gasteiger partial charge >= 0.3 is 0 Å². The first-order valence-corrected chi connectivity index (χ1v) is 12.3. The summed E-state index contributed by atoms with van der Waals surface area (Å²) in [7, 11) is 0. The minimum Gasteiger partial charge on any atom is -0.333 e. The van der Waals surface area contributed by atoms with E-state index in [1.165, 1.54) is 11.8 Å². The van der Waals surface area contributed by atoms with E-state index >= 15 is 0 Å². The number of benzene rings is 2. The van der Waals surface area contributed by atoms with Crippen LogP contribution in [0, 0.1) is 0 Å². The second-order valence-corrected chi connectivity index (χ2v) is 9.31. The number of hydrogen-bond acceptors (Lipinski definition) is 4. The van der Waals surface area contributed by atoms with Crippen molar-refractivity contribution < 1.29 is 9.59 Å². The predicted molar refractivity (Wildman–Crippen MR) is 129 cm³/mol. The fourth-order valence-corrected chi connectivity index (χ4v) is 4.75. The number of thiophene rings is 1. The lowest BCUT2D eigenvalue weighted by molar-refractivity contribution is -0.140. The molecule has 3 aromatic rings. The molecule has 1 aromatic heterocycles. The van der Waals surface area contributed by atoms with Crippen LogP contribution < -0.4 is 0 Å². The molecule has 0 aliphatic rings. The van der Waals surface area contributed by atoms with Gasteiger partial charge in [-0.1, -0.05) is 61.5 Å². The van der Waals surface area contributed by atoms with Crippen molar-refractivity contribution in [1.29, 1.82) is 0 Å². The van der Waals surface area contributed by atoms with Crippen LogP contribution in [-0.2, 0) is 22.7 Å². The van der Waals surface area contributed by atoms with Crippen molar-refractivity contribution in [1.82, 2.24) is 9.80 Å². The Bertz CT molecular complexity index is 931. The average Bonchev–Trinajstić information content (AvgIpc) is 3.31. The maximum Gasteiger partial charge on any atom is 0.242 e. The molecule has 0 fully saturated rings. The molecule has 0 unspecified atom stereocenters. The minimum absolute atomic E-state index is 0.000150. The largest absolute Gasteiger partial charge is 0.333 e. The Hall–Kier alpha value is -2.57. The van der Waals surface area contributed by atoms with E-state index in [2.05, 4.69) is 0 Å². The summed E-state index contributed by atoms with van der Waals surface area (Å²) in [6.07, 6.45) is 0.818. The Balaban J connectivity index is 1.66. The van der Waals surface area contributed by atoms with Gasteiger partial charge in [-0.2, -0.15) is 0 Å². The van der Waals surface area contributed by atoms with Crippen LogP contribution in [0.4, 0.5) is 0 Å². The first-order chi connectivity index (χ1) is 15.2. The molecule has 4 nitrogen and oxygen atoms in total. The highest BCUT2D eigenvalue weighted by atomic mass is 32.2. The van der Waals surface area contributed by atoms with Gasteiger partial charge in [-0.15, -0.1) is 23.1 Å². The molecule has 0 saturated heterocycles. The van der Waals surface area contributed by atoms with Crippen LogP contribution in [0.1, 0.15) is 23.8 Å². The molecule has 1 heterocycles. The van der Waals surface area contributed by atoms with Crippen molar-refractivity contribution in [2.24, 2.45) is 0 Å². The van der Waals surface area contributed by atoms with E-state index < -0.39 is 0 Å². The van der Waals surface area contributed by atoms with Gasteiger partial charge < -0.3 is 9.80 Å². The highest BCUT2D eigenvalue weighted by molar-refractivity contribution is 8.00. The van der Waals surface area contributed by atoms with Crippen LogP contribution >= 0.6 is 23.1 Å². The Morgan fingerprint density at radius 3 is 2.19 bits per heavy atom. The number of carbonyl (C=O) groups excluding carboxylic acids is 2. The number of hydrogen-bond donors (Lipinski definition) is 0. The van der Waals surface area contributed by atoms with Crippen molar-refractivity contribution in [3.63, 3.8) is 0 Å². The maximum absolute atomic E-state index is 13.3. The van der Waals surface area contributed by atoms with E-state index in [4.69, 9.17) is 0 Å². The second kappa shape index (κ2) is 12.3. The molecule has 0 spiro atoms. The Morgan fingerprint density at radius 2 is 1.55 bits per heavy atom. The molecule has 0 bridgehead atoms.